The summed E-state index contributed by atoms with van der Waals surface area (Å²) in [5.74, 6) is 0. The van der Waals surface area contributed by atoms with E-state index in [1.807, 2.05) is 55.5 Å². The van der Waals surface area contributed by atoms with Gasteiger partial charge in [0, 0.05) is 22.3 Å². The molecule has 0 amide bonds. The van der Waals surface area contributed by atoms with E-state index < -0.39 is 5.60 Å². The topological polar surface area (TPSA) is 20.2 Å². The third kappa shape index (κ3) is 4.34. The van der Waals surface area contributed by atoms with Crippen molar-refractivity contribution in [2.45, 2.75) is 25.4 Å². The van der Waals surface area contributed by atoms with E-state index in [1.165, 1.54) is 0 Å². The zero-order chi connectivity index (χ0) is 13.9. The van der Waals surface area contributed by atoms with Gasteiger partial charge in [0.25, 0.3) is 0 Å². The molecule has 0 spiro atoms. The van der Waals surface area contributed by atoms with Crippen LogP contribution in [0.3, 0.4) is 0 Å². The Kier molecular flexibility index (Phi) is 4.67. The molecule has 2 rings (SSSR count). The highest BCUT2D eigenvalue weighted by Crippen LogP contribution is 2.24. The minimum absolute atomic E-state index is 0.544. The monoisotopic (exact) mass is 338 g/mol. The average molecular weight is 340 g/mol. The van der Waals surface area contributed by atoms with Crippen molar-refractivity contribution < 1.29 is 5.11 Å². The Balaban J connectivity index is 2.10. The van der Waals surface area contributed by atoms with Crippen molar-refractivity contribution in [3.63, 3.8) is 0 Å². The molecule has 1 nitrogen and oxygen atoms in total. The zero-order valence-corrected chi connectivity index (χ0v) is 13.1. The lowest BCUT2D eigenvalue weighted by Crippen LogP contribution is -2.30. The SMILES string of the molecule is CC(O)(Cc1ccc(Br)cc1)Cc1ccccc1Cl. The van der Waals surface area contributed by atoms with Crippen molar-refractivity contribution in [3.05, 3.63) is 69.2 Å². The Morgan fingerprint density at radius 3 is 2.32 bits per heavy atom. The lowest BCUT2D eigenvalue weighted by atomic mass is 9.90. The van der Waals surface area contributed by atoms with Gasteiger partial charge in [0.15, 0.2) is 0 Å². The molecule has 1 unspecified atom stereocenters. The van der Waals surface area contributed by atoms with Crippen LogP contribution in [-0.4, -0.2) is 10.7 Å². The smallest absolute Gasteiger partial charge is 0.0700 e. The second-order valence-corrected chi connectivity index (χ2v) is 6.39. The van der Waals surface area contributed by atoms with Crippen LogP contribution in [0.2, 0.25) is 5.02 Å². The molecule has 0 radical (unpaired) electrons. The van der Waals surface area contributed by atoms with Crippen LogP contribution in [0, 0.1) is 0 Å². The lowest BCUT2D eigenvalue weighted by Gasteiger charge is -2.24. The molecule has 0 bridgehead atoms. The van der Waals surface area contributed by atoms with Gasteiger partial charge in [-0.15, -0.1) is 0 Å². The van der Waals surface area contributed by atoms with Crippen LogP contribution in [0.15, 0.2) is 53.0 Å². The first kappa shape index (κ1) is 14.6. The van der Waals surface area contributed by atoms with Crippen molar-refractivity contribution in [2.75, 3.05) is 0 Å². The third-order valence-corrected chi connectivity index (χ3v) is 3.92. The summed E-state index contributed by atoms with van der Waals surface area (Å²) >= 11 is 9.55. The number of benzene rings is 2. The van der Waals surface area contributed by atoms with Crippen LogP contribution >= 0.6 is 27.5 Å². The molecule has 0 saturated carbocycles. The van der Waals surface area contributed by atoms with Gasteiger partial charge in [0.1, 0.15) is 0 Å². The quantitative estimate of drug-likeness (QED) is 0.860. The van der Waals surface area contributed by atoms with Crippen molar-refractivity contribution in [2.24, 2.45) is 0 Å². The summed E-state index contributed by atoms with van der Waals surface area (Å²) in [4.78, 5) is 0. The molecular weight excluding hydrogens is 324 g/mol. The molecule has 19 heavy (non-hydrogen) atoms. The van der Waals surface area contributed by atoms with Crippen molar-refractivity contribution >= 4 is 27.5 Å². The molecule has 0 aliphatic heterocycles. The standard InChI is InChI=1S/C16H16BrClO/c1-16(19,10-12-6-8-14(17)9-7-12)11-13-4-2-3-5-15(13)18/h2-9,19H,10-11H2,1H3. The normalized spacial score (nSPS) is 14.1. The summed E-state index contributed by atoms with van der Waals surface area (Å²) in [6.07, 6.45) is 1.15. The number of halogens is 2. The van der Waals surface area contributed by atoms with Gasteiger partial charge in [-0.05, 0) is 36.2 Å². The Morgan fingerprint density at radius 2 is 1.68 bits per heavy atom. The van der Waals surface area contributed by atoms with Crippen molar-refractivity contribution in [3.8, 4) is 0 Å². The maximum absolute atomic E-state index is 10.5. The Labute approximate surface area is 127 Å². The number of aliphatic hydroxyl groups is 1. The first-order valence-electron chi connectivity index (χ1n) is 6.16. The Bertz CT molecular complexity index is 549. The van der Waals surface area contributed by atoms with E-state index in [0.29, 0.717) is 17.9 Å². The lowest BCUT2D eigenvalue weighted by molar-refractivity contribution is 0.0608. The van der Waals surface area contributed by atoms with Crippen molar-refractivity contribution in [1.82, 2.24) is 0 Å². The summed E-state index contributed by atoms with van der Waals surface area (Å²) in [6, 6.07) is 15.7. The minimum Gasteiger partial charge on any atom is -0.389 e. The maximum atomic E-state index is 10.5. The van der Waals surface area contributed by atoms with Gasteiger partial charge in [-0.1, -0.05) is 57.9 Å². The molecular formula is C16H16BrClO. The second kappa shape index (κ2) is 6.08. The summed E-state index contributed by atoms with van der Waals surface area (Å²) < 4.78 is 1.04. The third-order valence-electron chi connectivity index (χ3n) is 3.03. The molecule has 1 atom stereocenters. The summed E-state index contributed by atoms with van der Waals surface area (Å²) in [6.45, 7) is 1.85. The van der Waals surface area contributed by atoms with Gasteiger partial charge in [0.2, 0.25) is 0 Å². The predicted octanol–water partition coefficient (Wildman–Crippen LogP) is 4.64. The van der Waals surface area contributed by atoms with Gasteiger partial charge in [0.05, 0.1) is 5.60 Å². The highest BCUT2D eigenvalue weighted by Gasteiger charge is 2.22. The molecule has 2 aromatic carbocycles. The van der Waals surface area contributed by atoms with Crippen LogP contribution in [-0.2, 0) is 12.8 Å². The van der Waals surface area contributed by atoms with Crippen LogP contribution < -0.4 is 0 Å². The fourth-order valence-corrected chi connectivity index (χ4v) is 2.62. The summed E-state index contributed by atoms with van der Waals surface area (Å²) in [5.41, 5.74) is 1.28. The summed E-state index contributed by atoms with van der Waals surface area (Å²) in [5, 5.41) is 11.3. The van der Waals surface area contributed by atoms with Gasteiger partial charge in [-0.2, -0.15) is 0 Å². The van der Waals surface area contributed by atoms with Crippen LogP contribution in [0.4, 0.5) is 0 Å². The van der Waals surface area contributed by atoms with E-state index in [-0.39, 0.29) is 0 Å². The maximum Gasteiger partial charge on any atom is 0.0700 e. The van der Waals surface area contributed by atoms with Gasteiger partial charge < -0.3 is 5.11 Å². The Hall–Kier alpha value is -0.830. The van der Waals surface area contributed by atoms with E-state index in [2.05, 4.69) is 15.9 Å². The summed E-state index contributed by atoms with van der Waals surface area (Å²) in [7, 11) is 0. The minimum atomic E-state index is -0.807. The van der Waals surface area contributed by atoms with Gasteiger partial charge in [-0.25, -0.2) is 0 Å². The molecule has 0 saturated heterocycles. The van der Waals surface area contributed by atoms with Crippen LogP contribution in [0.25, 0.3) is 0 Å². The van der Waals surface area contributed by atoms with Crippen molar-refractivity contribution in [1.29, 1.82) is 0 Å². The van der Waals surface area contributed by atoms with Crippen LogP contribution in [0.1, 0.15) is 18.1 Å². The van der Waals surface area contributed by atoms with E-state index in [1.54, 1.807) is 0 Å². The first-order chi connectivity index (χ1) is 8.96. The number of rotatable bonds is 4. The zero-order valence-electron chi connectivity index (χ0n) is 10.7. The first-order valence-corrected chi connectivity index (χ1v) is 7.34. The number of hydrogen-bond acceptors (Lipinski definition) is 1. The van der Waals surface area contributed by atoms with Gasteiger partial charge >= 0.3 is 0 Å². The Morgan fingerprint density at radius 1 is 1.05 bits per heavy atom. The second-order valence-electron chi connectivity index (χ2n) is 5.07. The molecule has 3 heteroatoms. The molecule has 2 aromatic rings. The molecule has 100 valence electrons. The molecule has 0 fully saturated rings. The van der Waals surface area contributed by atoms with Crippen LogP contribution in [0.5, 0.6) is 0 Å². The van der Waals surface area contributed by atoms with E-state index >= 15 is 0 Å². The van der Waals surface area contributed by atoms with Gasteiger partial charge in [-0.3, -0.25) is 0 Å². The fourth-order valence-electron chi connectivity index (χ4n) is 2.16. The highest BCUT2D eigenvalue weighted by atomic mass is 79.9. The molecule has 0 aliphatic carbocycles. The largest absolute Gasteiger partial charge is 0.389 e. The molecule has 0 heterocycles. The predicted molar refractivity (Wildman–Crippen MR) is 83.6 cm³/mol. The average Bonchev–Trinajstić information content (AvgIpc) is 2.35. The fraction of sp³-hybridized carbons (Fsp3) is 0.250. The molecule has 0 aliphatic rings. The van der Waals surface area contributed by atoms with E-state index in [4.69, 9.17) is 11.6 Å². The highest BCUT2D eigenvalue weighted by molar-refractivity contribution is 9.10. The molecule has 1 N–H and O–H groups in total. The van der Waals surface area contributed by atoms with E-state index in [9.17, 15) is 5.11 Å². The van der Waals surface area contributed by atoms with E-state index in [0.717, 1.165) is 15.6 Å². The number of hydrogen-bond donors (Lipinski definition) is 1. The molecule has 0 aromatic heterocycles.